The van der Waals surface area contributed by atoms with Crippen LogP contribution in [0, 0.1) is 3.57 Å². The van der Waals surface area contributed by atoms with Gasteiger partial charge in [-0.05, 0) is 63.5 Å². The number of Topliss-reactive ketones (excluding diaryl/α,β-unsaturated/α-hetero) is 2. The second-order valence-corrected chi connectivity index (χ2v) is 10.1. The summed E-state index contributed by atoms with van der Waals surface area (Å²) in [5.41, 5.74) is 1.77. The second kappa shape index (κ2) is 10.8. The van der Waals surface area contributed by atoms with Crippen molar-refractivity contribution in [2.75, 3.05) is 5.32 Å². The Labute approximate surface area is 205 Å². The van der Waals surface area contributed by atoms with Crippen LogP contribution in [0.15, 0.2) is 78.9 Å². The average molecular weight is 577 g/mol. The number of amides is 1. The quantitative estimate of drug-likeness (QED) is 0.227. The molecule has 0 aromatic heterocycles. The number of carbonyl (C=O) groups is 3. The zero-order valence-electron chi connectivity index (χ0n) is 17.3. The highest BCUT2D eigenvalue weighted by atomic mass is 127. The molecular formula is C24H20INO6S. The first-order valence-electron chi connectivity index (χ1n) is 9.85. The summed E-state index contributed by atoms with van der Waals surface area (Å²) < 4.78 is 34.2. The Kier molecular flexibility index (Phi) is 8.11. The van der Waals surface area contributed by atoms with Gasteiger partial charge < -0.3 is 5.32 Å². The van der Waals surface area contributed by atoms with Crippen molar-refractivity contribution in [3.8, 4) is 0 Å². The minimum Gasteiger partial charge on any atom is -0.319 e. The van der Waals surface area contributed by atoms with Crippen LogP contribution in [0.1, 0.15) is 21.9 Å². The van der Waals surface area contributed by atoms with E-state index in [1.807, 2.05) is 12.1 Å². The Hall–Kier alpha value is -2.89. The smallest absolute Gasteiger partial charge is 0.292 e. The zero-order valence-corrected chi connectivity index (χ0v) is 20.2. The number of carbonyl (C=O) groups excluding carboxylic acids is 3. The van der Waals surface area contributed by atoms with Gasteiger partial charge in [0.1, 0.15) is 0 Å². The number of benzene rings is 3. The Balaban J connectivity index is 1.63. The molecule has 0 radical (unpaired) electrons. The highest BCUT2D eigenvalue weighted by Crippen LogP contribution is 2.24. The van der Waals surface area contributed by atoms with E-state index in [-0.39, 0.29) is 18.4 Å². The van der Waals surface area contributed by atoms with Gasteiger partial charge in [-0.25, -0.2) is 0 Å². The van der Waals surface area contributed by atoms with Crippen molar-refractivity contribution >= 4 is 55.9 Å². The number of hydrogen-bond donors (Lipinski definition) is 2. The Morgan fingerprint density at radius 3 is 1.94 bits per heavy atom. The molecule has 0 aliphatic rings. The maximum atomic E-state index is 12.7. The summed E-state index contributed by atoms with van der Waals surface area (Å²) in [5.74, 6) is -2.03. The standard InChI is InChI=1S/C24H20INO6S/c25-19-10-6-16(7-11-19)15-22(28)24(29)26-20-12-8-17(9-13-20)14-21(27)23(33(30,31)32)18-4-2-1-3-5-18/h1-13,23H,14-15H2,(H,26,29)(H,30,31,32). The van der Waals surface area contributed by atoms with Gasteiger partial charge in [0.05, 0.1) is 0 Å². The number of nitrogens with one attached hydrogen (secondary N) is 1. The van der Waals surface area contributed by atoms with Crippen molar-refractivity contribution in [2.45, 2.75) is 18.1 Å². The first kappa shape index (κ1) is 24.7. The predicted molar refractivity (Wildman–Crippen MR) is 132 cm³/mol. The molecule has 1 unspecified atom stereocenters. The van der Waals surface area contributed by atoms with Crippen LogP contribution in [0.2, 0.25) is 0 Å². The number of rotatable bonds is 9. The third-order valence-corrected chi connectivity index (χ3v) is 6.66. The highest BCUT2D eigenvalue weighted by molar-refractivity contribution is 14.1. The van der Waals surface area contributed by atoms with Crippen LogP contribution in [0.4, 0.5) is 5.69 Å². The van der Waals surface area contributed by atoms with Crippen LogP contribution >= 0.6 is 22.6 Å². The molecule has 0 saturated carbocycles. The fourth-order valence-corrected chi connectivity index (χ4v) is 4.50. The van der Waals surface area contributed by atoms with E-state index in [1.165, 1.54) is 24.3 Å². The van der Waals surface area contributed by atoms with Gasteiger partial charge in [0, 0.05) is 22.1 Å². The summed E-state index contributed by atoms with van der Waals surface area (Å²) in [6.07, 6.45) is -0.259. The summed E-state index contributed by atoms with van der Waals surface area (Å²) >= 11 is 2.15. The summed E-state index contributed by atoms with van der Waals surface area (Å²) in [5, 5.41) is 0.833. The molecule has 0 spiro atoms. The van der Waals surface area contributed by atoms with Gasteiger partial charge in [-0.2, -0.15) is 8.42 Å². The van der Waals surface area contributed by atoms with E-state index in [4.69, 9.17) is 0 Å². The minimum absolute atomic E-state index is 0.0220. The molecule has 33 heavy (non-hydrogen) atoms. The number of hydrogen-bond acceptors (Lipinski definition) is 5. The van der Waals surface area contributed by atoms with E-state index in [2.05, 4.69) is 27.9 Å². The van der Waals surface area contributed by atoms with Crippen LogP contribution in [-0.4, -0.2) is 30.4 Å². The van der Waals surface area contributed by atoms with Crippen LogP contribution in [0.25, 0.3) is 0 Å². The zero-order chi connectivity index (χ0) is 24.0. The summed E-state index contributed by atoms with van der Waals surface area (Å²) in [7, 11) is -4.64. The predicted octanol–water partition coefficient (Wildman–Crippen LogP) is 3.78. The molecule has 3 aromatic carbocycles. The molecule has 1 atom stereocenters. The third-order valence-electron chi connectivity index (χ3n) is 4.81. The van der Waals surface area contributed by atoms with E-state index in [1.54, 1.807) is 42.5 Å². The first-order chi connectivity index (χ1) is 15.6. The molecule has 2 N–H and O–H groups in total. The highest BCUT2D eigenvalue weighted by Gasteiger charge is 2.32. The molecule has 9 heteroatoms. The van der Waals surface area contributed by atoms with Crippen LogP contribution < -0.4 is 5.32 Å². The fraction of sp³-hybridized carbons (Fsp3) is 0.125. The van der Waals surface area contributed by atoms with E-state index >= 15 is 0 Å². The van der Waals surface area contributed by atoms with Crippen molar-refractivity contribution in [1.29, 1.82) is 0 Å². The van der Waals surface area contributed by atoms with Gasteiger partial charge in [0.25, 0.3) is 16.0 Å². The van der Waals surface area contributed by atoms with Gasteiger partial charge in [-0.1, -0.05) is 54.6 Å². The molecule has 170 valence electrons. The SMILES string of the molecule is O=C(Cc1ccc(I)cc1)C(=O)Nc1ccc(CC(=O)C(c2ccccc2)S(=O)(=O)O)cc1. The molecule has 0 saturated heterocycles. The van der Waals surface area contributed by atoms with Crippen LogP contribution in [-0.2, 0) is 37.3 Å². The molecule has 0 bridgehead atoms. The Bertz CT molecular complexity index is 1260. The largest absolute Gasteiger partial charge is 0.319 e. The number of halogens is 1. The molecule has 1 amide bonds. The van der Waals surface area contributed by atoms with E-state index < -0.39 is 32.8 Å². The maximum absolute atomic E-state index is 12.7. The minimum atomic E-state index is -4.64. The lowest BCUT2D eigenvalue weighted by Gasteiger charge is -2.13. The molecule has 7 nitrogen and oxygen atoms in total. The van der Waals surface area contributed by atoms with Crippen molar-refractivity contribution in [1.82, 2.24) is 0 Å². The summed E-state index contributed by atoms with van der Waals surface area (Å²) in [6.45, 7) is 0. The summed E-state index contributed by atoms with van der Waals surface area (Å²) in [6, 6.07) is 21.2. The van der Waals surface area contributed by atoms with E-state index in [9.17, 15) is 27.4 Å². The van der Waals surface area contributed by atoms with Crippen LogP contribution in [0.3, 0.4) is 0 Å². The maximum Gasteiger partial charge on any atom is 0.292 e. The van der Waals surface area contributed by atoms with Crippen molar-refractivity contribution < 1.29 is 27.4 Å². The lowest BCUT2D eigenvalue weighted by atomic mass is 10.0. The molecule has 3 rings (SSSR count). The molecule has 0 aliphatic heterocycles. The number of anilines is 1. The molecule has 0 aliphatic carbocycles. The average Bonchev–Trinajstić information content (AvgIpc) is 2.76. The van der Waals surface area contributed by atoms with Crippen molar-refractivity contribution in [3.05, 3.63) is 99.1 Å². The van der Waals surface area contributed by atoms with Gasteiger partial charge in [0.2, 0.25) is 5.78 Å². The fourth-order valence-electron chi connectivity index (χ4n) is 3.22. The second-order valence-electron chi connectivity index (χ2n) is 7.33. The molecular weight excluding hydrogens is 557 g/mol. The normalized spacial score (nSPS) is 12.1. The number of ketones is 2. The topological polar surface area (TPSA) is 118 Å². The van der Waals surface area contributed by atoms with E-state index in [0.29, 0.717) is 11.3 Å². The van der Waals surface area contributed by atoms with Crippen LogP contribution in [0.5, 0.6) is 0 Å². The molecule has 0 fully saturated rings. The summed E-state index contributed by atoms with van der Waals surface area (Å²) in [4.78, 5) is 37.0. The first-order valence-corrected chi connectivity index (χ1v) is 12.4. The van der Waals surface area contributed by atoms with Gasteiger partial charge in [-0.3, -0.25) is 18.9 Å². The Morgan fingerprint density at radius 1 is 0.818 bits per heavy atom. The lowest BCUT2D eigenvalue weighted by Crippen LogP contribution is -2.24. The monoisotopic (exact) mass is 577 g/mol. The Morgan fingerprint density at radius 2 is 1.36 bits per heavy atom. The van der Waals surface area contributed by atoms with Crippen molar-refractivity contribution in [2.24, 2.45) is 0 Å². The van der Waals surface area contributed by atoms with Gasteiger partial charge in [-0.15, -0.1) is 0 Å². The van der Waals surface area contributed by atoms with Gasteiger partial charge in [0.15, 0.2) is 11.0 Å². The third kappa shape index (κ3) is 7.04. The lowest BCUT2D eigenvalue weighted by molar-refractivity contribution is -0.134. The molecule has 3 aromatic rings. The van der Waals surface area contributed by atoms with E-state index in [0.717, 1.165) is 9.13 Å². The van der Waals surface area contributed by atoms with Gasteiger partial charge >= 0.3 is 0 Å². The molecule has 0 heterocycles. The van der Waals surface area contributed by atoms with Crippen molar-refractivity contribution in [3.63, 3.8) is 0 Å².